The molecule has 0 aliphatic heterocycles. The fourth-order valence-corrected chi connectivity index (χ4v) is 3.22. The van der Waals surface area contributed by atoms with E-state index in [0.717, 1.165) is 25.2 Å². The lowest BCUT2D eigenvalue weighted by atomic mass is 9.91. The SMILES string of the molecule is CCNCCCCN[C@H]1CC[C@H](NCCCCNCC)CC1.Cl.Cl.Cl.Cl. The van der Waals surface area contributed by atoms with Gasteiger partial charge in [0.1, 0.15) is 0 Å². The summed E-state index contributed by atoms with van der Waals surface area (Å²) in [6, 6.07) is 1.54. The summed E-state index contributed by atoms with van der Waals surface area (Å²) in [7, 11) is 0. The van der Waals surface area contributed by atoms with Crippen molar-refractivity contribution in [2.45, 2.75) is 77.3 Å². The fraction of sp³-hybridized carbons (Fsp3) is 1.00. The second kappa shape index (κ2) is 26.0. The highest BCUT2D eigenvalue weighted by atomic mass is 35.5. The van der Waals surface area contributed by atoms with Crippen molar-refractivity contribution in [3.05, 3.63) is 0 Å². The first kappa shape index (κ1) is 34.5. The number of hydrogen-bond acceptors (Lipinski definition) is 4. The molecular formula is C18H44Cl4N4. The molecule has 0 aromatic rings. The molecule has 8 heteroatoms. The minimum Gasteiger partial charge on any atom is -0.317 e. The van der Waals surface area contributed by atoms with Crippen LogP contribution in [0.4, 0.5) is 0 Å². The summed E-state index contributed by atoms with van der Waals surface area (Å²) < 4.78 is 0. The van der Waals surface area contributed by atoms with E-state index >= 15 is 0 Å². The van der Waals surface area contributed by atoms with Gasteiger partial charge in [-0.2, -0.15) is 0 Å². The zero-order chi connectivity index (χ0) is 15.9. The van der Waals surface area contributed by atoms with Crippen LogP contribution in [-0.4, -0.2) is 51.4 Å². The van der Waals surface area contributed by atoms with Crippen LogP contribution in [0.1, 0.15) is 65.2 Å². The fourth-order valence-electron chi connectivity index (χ4n) is 3.22. The molecule has 164 valence electrons. The van der Waals surface area contributed by atoms with Crippen molar-refractivity contribution < 1.29 is 0 Å². The van der Waals surface area contributed by atoms with Crippen molar-refractivity contribution >= 4 is 49.6 Å². The van der Waals surface area contributed by atoms with Crippen LogP contribution in [0, 0.1) is 0 Å². The van der Waals surface area contributed by atoms with Gasteiger partial charge in [-0.1, -0.05) is 13.8 Å². The molecule has 1 aliphatic rings. The van der Waals surface area contributed by atoms with Crippen molar-refractivity contribution in [1.82, 2.24) is 21.3 Å². The first-order valence-electron chi connectivity index (χ1n) is 9.75. The van der Waals surface area contributed by atoms with Crippen LogP contribution < -0.4 is 21.3 Å². The Morgan fingerprint density at radius 3 is 1.15 bits per heavy atom. The van der Waals surface area contributed by atoms with Gasteiger partial charge < -0.3 is 21.3 Å². The summed E-state index contributed by atoms with van der Waals surface area (Å²) in [5.74, 6) is 0. The second-order valence-corrected chi connectivity index (χ2v) is 6.58. The monoisotopic (exact) mass is 456 g/mol. The molecule has 1 fully saturated rings. The van der Waals surface area contributed by atoms with Gasteiger partial charge in [0.15, 0.2) is 0 Å². The van der Waals surface area contributed by atoms with Crippen molar-refractivity contribution in [1.29, 1.82) is 0 Å². The van der Waals surface area contributed by atoms with Crippen molar-refractivity contribution in [3.63, 3.8) is 0 Å². The predicted octanol–water partition coefficient (Wildman–Crippen LogP) is 3.94. The highest BCUT2D eigenvalue weighted by Gasteiger charge is 2.19. The molecule has 0 unspecified atom stereocenters. The molecule has 0 saturated heterocycles. The number of nitrogens with one attached hydrogen (secondary N) is 4. The predicted molar refractivity (Wildman–Crippen MR) is 127 cm³/mol. The molecule has 0 aromatic carbocycles. The van der Waals surface area contributed by atoms with Gasteiger partial charge in [-0.15, -0.1) is 49.6 Å². The molecule has 4 nitrogen and oxygen atoms in total. The van der Waals surface area contributed by atoms with Gasteiger partial charge in [0, 0.05) is 12.1 Å². The van der Waals surface area contributed by atoms with Crippen molar-refractivity contribution in [2.24, 2.45) is 0 Å². The van der Waals surface area contributed by atoms with E-state index in [1.165, 1.54) is 77.5 Å². The third-order valence-electron chi connectivity index (χ3n) is 4.65. The Bertz CT molecular complexity index is 219. The molecule has 1 rings (SSSR count). The summed E-state index contributed by atoms with van der Waals surface area (Å²) in [4.78, 5) is 0. The largest absolute Gasteiger partial charge is 0.317 e. The lowest BCUT2D eigenvalue weighted by Gasteiger charge is -2.30. The van der Waals surface area contributed by atoms with E-state index < -0.39 is 0 Å². The molecule has 4 N–H and O–H groups in total. The van der Waals surface area contributed by atoms with E-state index in [-0.39, 0.29) is 49.6 Å². The molecule has 1 aliphatic carbocycles. The van der Waals surface area contributed by atoms with Gasteiger partial charge >= 0.3 is 0 Å². The maximum Gasteiger partial charge on any atom is 0.00682 e. The summed E-state index contributed by atoms with van der Waals surface area (Å²) in [6.07, 6.45) is 10.6. The quantitative estimate of drug-likeness (QED) is 0.298. The molecule has 0 spiro atoms. The van der Waals surface area contributed by atoms with Crippen LogP contribution in [0.15, 0.2) is 0 Å². The molecule has 0 aromatic heterocycles. The third-order valence-corrected chi connectivity index (χ3v) is 4.65. The molecule has 0 atom stereocenters. The highest BCUT2D eigenvalue weighted by molar-refractivity contribution is 5.86. The summed E-state index contributed by atoms with van der Waals surface area (Å²) in [5, 5.41) is 14.3. The smallest absolute Gasteiger partial charge is 0.00682 e. The minimum atomic E-state index is 0. The highest BCUT2D eigenvalue weighted by Crippen LogP contribution is 2.18. The Labute approximate surface area is 187 Å². The third kappa shape index (κ3) is 19.8. The van der Waals surface area contributed by atoms with Gasteiger partial charge in [0.05, 0.1) is 0 Å². The van der Waals surface area contributed by atoms with Crippen LogP contribution >= 0.6 is 49.6 Å². The van der Waals surface area contributed by atoms with E-state index in [9.17, 15) is 0 Å². The van der Waals surface area contributed by atoms with E-state index in [0.29, 0.717) is 0 Å². The van der Waals surface area contributed by atoms with E-state index in [2.05, 4.69) is 35.1 Å². The maximum absolute atomic E-state index is 3.75. The standard InChI is InChI=1S/C18H40N4.4ClH/c1-3-19-13-5-7-15-21-17-9-11-18(12-10-17)22-16-8-6-14-20-4-2;;;;/h17-22H,3-16H2,1-2H3;4*1H/t17-,18-;;;;. The van der Waals surface area contributed by atoms with Gasteiger partial charge in [-0.05, 0) is 90.6 Å². The molecule has 0 amide bonds. The molecule has 0 bridgehead atoms. The Hall–Kier alpha value is 1.00. The van der Waals surface area contributed by atoms with E-state index in [1.54, 1.807) is 0 Å². The number of unbranched alkanes of at least 4 members (excludes halogenated alkanes) is 2. The zero-order valence-corrected chi connectivity index (χ0v) is 20.0. The average Bonchev–Trinajstić information content (AvgIpc) is 2.55. The lowest BCUT2D eigenvalue weighted by Crippen LogP contribution is -2.40. The molecule has 26 heavy (non-hydrogen) atoms. The van der Waals surface area contributed by atoms with Crippen LogP contribution in [0.5, 0.6) is 0 Å². The van der Waals surface area contributed by atoms with Gasteiger partial charge in [-0.25, -0.2) is 0 Å². The molecule has 0 heterocycles. The molecule has 1 saturated carbocycles. The minimum absolute atomic E-state index is 0. The summed E-state index contributed by atoms with van der Waals surface area (Å²) in [5.41, 5.74) is 0. The summed E-state index contributed by atoms with van der Waals surface area (Å²) >= 11 is 0. The van der Waals surface area contributed by atoms with Crippen LogP contribution in [0.25, 0.3) is 0 Å². The van der Waals surface area contributed by atoms with Crippen molar-refractivity contribution in [2.75, 3.05) is 39.3 Å². The topological polar surface area (TPSA) is 48.1 Å². The van der Waals surface area contributed by atoms with E-state index in [1.807, 2.05) is 0 Å². The lowest BCUT2D eigenvalue weighted by molar-refractivity contribution is 0.305. The molecule has 0 radical (unpaired) electrons. The van der Waals surface area contributed by atoms with E-state index in [4.69, 9.17) is 0 Å². The number of rotatable bonds is 14. The second-order valence-electron chi connectivity index (χ2n) is 6.58. The number of hydrogen-bond donors (Lipinski definition) is 4. The first-order chi connectivity index (χ1) is 10.9. The van der Waals surface area contributed by atoms with Gasteiger partial charge in [-0.3, -0.25) is 0 Å². The average molecular weight is 458 g/mol. The Balaban J connectivity index is -0.000000605. The van der Waals surface area contributed by atoms with Gasteiger partial charge in [0.2, 0.25) is 0 Å². The number of halogens is 4. The van der Waals surface area contributed by atoms with Crippen LogP contribution in [0.2, 0.25) is 0 Å². The van der Waals surface area contributed by atoms with Crippen molar-refractivity contribution in [3.8, 4) is 0 Å². The Morgan fingerprint density at radius 1 is 0.538 bits per heavy atom. The first-order valence-corrected chi connectivity index (χ1v) is 9.75. The van der Waals surface area contributed by atoms with Gasteiger partial charge in [0.25, 0.3) is 0 Å². The van der Waals surface area contributed by atoms with Crippen LogP contribution in [-0.2, 0) is 0 Å². The maximum atomic E-state index is 3.75. The zero-order valence-electron chi connectivity index (χ0n) is 16.7. The Kier molecular flexibility index (Phi) is 34.5. The normalized spacial score (nSPS) is 18.7. The van der Waals surface area contributed by atoms with Crippen LogP contribution in [0.3, 0.4) is 0 Å². The summed E-state index contributed by atoms with van der Waals surface area (Å²) in [6.45, 7) is 11.3. The Morgan fingerprint density at radius 2 is 0.846 bits per heavy atom. The molecular weight excluding hydrogens is 414 g/mol.